The first-order valence-electron chi connectivity index (χ1n) is 7.58. The molecule has 1 aliphatic heterocycles. The van der Waals surface area contributed by atoms with Gasteiger partial charge in [0.1, 0.15) is 0 Å². The van der Waals surface area contributed by atoms with Crippen molar-refractivity contribution in [2.24, 2.45) is 4.99 Å². The average molecular weight is 310 g/mol. The number of aliphatic imine (C=N–C) groups is 1. The van der Waals surface area contributed by atoms with Crippen LogP contribution in [0.25, 0.3) is 0 Å². The Labute approximate surface area is 131 Å². The van der Waals surface area contributed by atoms with Crippen molar-refractivity contribution in [3.63, 3.8) is 0 Å². The van der Waals surface area contributed by atoms with Crippen LogP contribution in [0.4, 0.5) is 0 Å². The first kappa shape index (κ1) is 16.1. The van der Waals surface area contributed by atoms with Crippen molar-refractivity contribution in [3.05, 3.63) is 34.9 Å². The molecule has 0 saturated carbocycles. The molecule has 1 aromatic rings. The van der Waals surface area contributed by atoms with E-state index in [1.807, 2.05) is 12.1 Å². The maximum atomic E-state index is 5.88. The molecule has 1 unspecified atom stereocenters. The van der Waals surface area contributed by atoms with Gasteiger partial charge in [0.05, 0.1) is 6.10 Å². The highest BCUT2D eigenvalue weighted by molar-refractivity contribution is 6.30. The summed E-state index contributed by atoms with van der Waals surface area (Å²) in [6.07, 6.45) is 4.73. The standard InChI is InChI=1S/C16H24ClN3O/c1-18-16(20-12-15-5-3-11-21-15)19-10-2-4-13-6-8-14(17)9-7-13/h6-9,15H,2-5,10-12H2,1H3,(H2,18,19,20). The molecule has 0 aromatic heterocycles. The van der Waals surface area contributed by atoms with Gasteiger partial charge in [-0.1, -0.05) is 23.7 Å². The van der Waals surface area contributed by atoms with E-state index >= 15 is 0 Å². The van der Waals surface area contributed by atoms with Gasteiger partial charge in [-0.2, -0.15) is 0 Å². The zero-order chi connectivity index (χ0) is 14.9. The zero-order valence-electron chi connectivity index (χ0n) is 12.6. The van der Waals surface area contributed by atoms with Gasteiger partial charge in [-0.15, -0.1) is 0 Å². The molecule has 4 nitrogen and oxygen atoms in total. The third-order valence-corrected chi connectivity index (χ3v) is 3.84. The molecule has 0 spiro atoms. The van der Waals surface area contributed by atoms with E-state index in [-0.39, 0.29) is 0 Å². The third kappa shape index (κ3) is 5.94. The molecule has 2 N–H and O–H groups in total. The minimum atomic E-state index is 0.331. The van der Waals surface area contributed by atoms with Crippen LogP contribution >= 0.6 is 11.6 Å². The highest BCUT2D eigenvalue weighted by Gasteiger charge is 2.15. The number of benzene rings is 1. The Hall–Kier alpha value is -1.26. The van der Waals surface area contributed by atoms with E-state index in [4.69, 9.17) is 16.3 Å². The van der Waals surface area contributed by atoms with Crippen LogP contribution in [0.5, 0.6) is 0 Å². The molecule has 0 radical (unpaired) electrons. The van der Waals surface area contributed by atoms with E-state index in [9.17, 15) is 0 Å². The molecule has 0 amide bonds. The lowest BCUT2D eigenvalue weighted by Gasteiger charge is -2.15. The van der Waals surface area contributed by atoms with Gasteiger partial charge in [-0.25, -0.2) is 0 Å². The van der Waals surface area contributed by atoms with Gasteiger partial charge in [-0.05, 0) is 43.4 Å². The number of nitrogens with one attached hydrogen (secondary N) is 2. The lowest BCUT2D eigenvalue weighted by molar-refractivity contribution is 0.114. The summed E-state index contributed by atoms with van der Waals surface area (Å²) in [6, 6.07) is 8.03. The predicted molar refractivity (Wildman–Crippen MR) is 88.1 cm³/mol. The fraction of sp³-hybridized carbons (Fsp3) is 0.562. The van der Waals surface area contributed by atoms with Gasteiger partial charge in [0.25, 0.3) is 0 Å². The molecule has 1 saturated heterocycles. The molecule has 116 valence electrons. The second-order valence-electron chi connectivity index (χ2n) is 5.24. The van der Waals surface area contributed by atoms with Gasteiger partial charge in [0.2, 0.25) is 0 Å². The second kappa shape index (κ2) is 8.90. The number of hydrogen-bond acceptors (Lipinski definition) is 2. The molecule has 1 aliphatic rings. The quantitative estimate of drug-likeness (QED) is 0.482. The van der Waals surface area contributed by atoms with Gasteiger partial charge in [-0.3, -0.25) is 4.99 Å². The van der Waals surface area contributed by atoms with E-state index in [2.05, 4.69) is 27.8 Å². The summed E-state index contributed by atoms with van der Waals surface area (Å²) in [5.74, 6) is 0.849. The van der Waals surface area contributed by atoms with Crippen LogP contribution < -0.4 is 10.6 Å². The summed E-state index contributed by atoms with van der Waals surface area (Å²) >= 11 is 5.88. The Bertz CT molecular complexity index is 441. The first-order chi connectivity index (χ1) is 10.3. The van der Waals surface area contributed by atoms with E-state index in [0.29, 0.717) is 6.10 Å². The number of nitrogens with zero attached hydrogens (tertiary/aromatic N) is 1. The fourth-order valence-electron chi connectivity index (χ4n) is 2.39. The van der Waals surface area contributed by atoms with Crippen molar-refractivity contribution in [1.29, 1.82) is 0 Å². The molecule has 1 heterocycles. The molecular formula is C16H24ClN3O. The molecule has 2 rings (SSSR count). The molecule has 5 heteroatoms. The Kier molecular flexibility index (Phi) is 6.83. The van der Waals surface area contributed by atoms with E-state index in [0.717, 1.165) is 49.9 Å². The summed E-state index contributed by atoms with van der Waals surface area (Å²) in [5, 5.41) is 7.43. The van der Waals surface area contributed by atoms with E-state index in [1.54, 1.807) is 7.05 Å². The molecule has 0 bridgehead atoms. The second-order valence-corrected chi connectivity index (χ2v) is 5.68. The lowest BCUT2D eigenvalue weighted by atomic mass is 10.1. The van der Waals surface area contributed by atoms with Gasteiger partial charge < -0.3 is 15.4 Å². The normalized spacial score (nSPS) is 18.8. The summed E-state index contributed by atoms with van der Waals surface area (Å²) in [7, 11) is 1.80. The van der Waals surface area contributed by atoms with Crippen molar-refractivity contribution in [1.82, 2.24) is 10.6 Å². The molecular weight excluding hydrogens is 286 g/mol. The Morgan fingerprint density at radius 2 is 2.14 bits per heavy atom. The monoisotopic (exact) mass is 309 g/mol. The Morgan fingerprint density at radius 1 is 1.33 bits per heavy atom. The summed E-state index contributed by atoms with van der Waals surface area (Å²) in [5.41, 5.74) is 1.31. The van der Waals surface area contributed by atoms with Crippen LogP contribution in [0, 0.1) is 0 Å². The summed E-state index contributed by atoms with van der Waals surface area (Å²) in [6.45, 7) is 2.62. The van der Waals surface area contributed by atoms with Crippen molar-refractivity contribution < 1.29 is 4.74 Å². The highest BCUT2D eigenvalue weighted by Crippen LogP contribution is 2.11. The number of ether oxygens (including phenoxy) is 1. The topological polar surface area (TPSA) is 45.7 Å². The molecule has 0 aliphatic carbocycles. The predicted octanol–water partition coefficient (Wildman–Crippen LogP) is 2.62. The third-order valence-electron chi connectivity index (χ3n) is 3.59. The number of rotatable bonds is 6. The SMILES string of the molecule is CN=C(NCCCc1ccc(Cl)cc1)NCC1CCCO1. The molecule has 1 aromatic carbocycles. The van der Waals surface area contributed by atoms with Crippen molar-refractivity contribution in [2.75, 3.05) is 26.7 Å². The average Bonchev–Trinajstić information content (AvgIpc) is 3.02. The maximum absolute atomic E-state index is 5.88. The first-order valence-corrected chi connectivity index (χ1v) is 7.96. The highest BCUT2D eigenvalue weighted by atomic mass is 35.5. The van der Waals surface area contributed by atoms with Crippen molar-refractivity contribution in [3.8, 4) is 0 Å². The fourth-order valence-corrected chi connectivity index (χ4v) is 2.51. The lowest BCUT2D eigenvalue weighted by Crippen LogP contribution is -2.41. The Balaban J connectivity index is 1.60. The van der Waals surface area contributed by atoms with Crippen LogP contribution in [-0.2, 0) is 11.2 Å². The minimum absolute atomic E-state index is 0.331. The van der Waals surface area contributed by atoms with E-state index < -0.39 is 0 Å². The summed E-state index contributed by atoms with van der Waals surface area (Å²) < 4.78 is 5.58. The number of hydrogen-bond donors (Lipinski definition) is 2. The number of aryl methyl sites for hydroxylation is 1. The summed E-state index contributed by atoms with van der Waals surface area (Å²) in [4.78, 5) is 4.23. The largest absolute Gasteiger partial charge is 0.376 e. The number of halogens is 1. The van der Waals surface area contributed by atoms with Gasteiger partial charge >= 0.3 is 0 Å². The van der Waals surface area contributed by atoms with Crippen LogP contribution in [0.3, 0.4) is 0 Å². The van der Waals surface area contributed by atoms with E-state index in [1.165, 1.54) is 12.0 Å². The van der Waals surface area contributed by atoms with Crippen LogP contribution in [0.1, 0.15) is 24.8 Å². The van der Waals surface area contributed by atoms with Crippen molar-refractivity contribution in [2.45, 2.75) is 31.8 Å². The van der Waals surface area contributed by atoms with Crippen LogP contribution in [0.15, 0.2) is 29.3 Å². The maximum Gasteiger partial charge on any atom is 0.191 e. The molecule has 1 fully saturated rings. The number of guanidine groups is 1. The Morgan fingerprint density at radius 3 is 2.81 bits per heavy atom. The van der Waals surface area contributed by atoms with Gasteiger partial charge in [0, 0.05) is 31.8 Å². The van der Waals surface area contributed by atoms with Crippen molar-refractivity contribution >= 4 is 17.6 Å². The molecule has 21 heavy (non-hydrogen) atoms. The zero-order valence-corrected chi connectivity index (χ0v) is 13.3. The van der Waals surface area contributed by atoms with Crippen LogP contribution in [-0.4, -0.2) is 38.8 Å². The smallest absolute Gasteiger partial charge is 0.191 e. The van der Waals surface area contributed by atoms with Gasteiger partial charge in [0.15, 0.2) is 5.96 Å². The van der Waals surface area contributed by atoms with Crippen LogP contribution in [0.2, 0.25) is 5.02 Å². The minimum Gasteiger partial charge on any atom is -0.376 e. The molecule has 1 atom stereocenters.